The molecular weight excluding hydrogens is 390 g/mol. The van der Waals surface area contributed by atoms with Gasteiger partial charge >= 0.3 is 0 Å². The maximum absolute atomic E-state index is 11.4. The number of aromatic nitrogens is 5. The van der Waals surface area contributed by atoms with Crippen molar-refractivity contribution >= 4 is 33.8 Å². The summed E-state index contributed by atoms with van der Waals surface area (Å²) in [7, 11) is 0. The zero-order valence-electron chi connectivity index (χ0n) is 17.6. The number of hydrogen-bond donors (Lipinski definition) is 3. The predicted octanol–water partition coefficient (Wildman–Crippen LogP) is 3.82. The summed E-state index contributed by atoms with van der Waals surface area (Å²) in [6.45, 7) is 3.70. The molecule has 0 aliphatic heterocycles. The van der Waals surface area contributed by atoms with E-state index in [2.05, 4.69) is 43.8 Å². The van der Waals surface area contributed by atoms with Crippen molar-refractivity contribution in [2.75, 3.05) is 5.32 Å². The zero-order chi connectivity index (χ0) is 21.4. The third kappa shape index (κ3) is 3.93. The van der Waals surface area contributed by atoms with E-state index in [1.54, 1.807) is 13.1 Å². The summed E-state index contributed by atoms with van der Waals surface area (Å²) in [6, 6.07) is 8.38. The Hall–Kier alpha value is -3.55. The monoisotopic (exact) mass is 415 g/mol. The minimum atomic E-state index is -0.116. The lowest BCUT2D eigenvalue weighted by atomic mass is 9.81. The van der Waals surface area contributed by atoms with Crippen LogP contribution in [-0.4, -0.2) is 42.6 Å². The highest BCUT2D eigenvalue weighted by Crippen LogP contribution is 2.31. The van der Waals surface area contributed by atoms with Crippen molar-refractivity contribution in [3.63, 3.8) is 0 Å². The highest BCUT2D eigenvalue weighted by atomic mass is 16.1. The van der Waals surface area contributed by atoms with Gasteiger partial charge < -0.3 is 15.6 Å². The number of nitrogens with zero attached hydrogens (tertiary/aromatic N) is 4. The van der Waals surface area contributed by atoms with E-state index >= 15 is 0 Å². The van der Waals surface area contributed by atoms with Crippen molar-refractivity contribution in [1.29, 1.82) is 0 Å². The number of hydrogen-bond acceptors (Lipinski definition) is 6. The van der Waals surface area contributed by atoms with Crippen LogP contribution in [-0.2, 0) is 4.79 Å². The standard InChI is InChI=1S/C23H25N7O/c1-14(31)29-23(2)8-5-17(6-9-23)27-22-25-13-19-18(12-24-21(19)28-22)15-3-4-20-16(11-15)7-10-26-30-20/h3-4,7,10-13,17H,5-6,8-9H2,1-2H3,(H,29,31)(H2,24,25,27,28)/t17-,23-. The summed E-state index contributed by atoms with van der Waals surface area (Å²) in [5, 5.41) is 16.7. The third-order valence-corrected chi connectivity index (χ3v) is 6.16. The summed E-state index contributed by atoms with van der Waals surface area (Å²) >= 11 is 0. The molecule has 1 saturated carbocycles. The Balaban J connectivity index is 1.33. The van der Waals surface area contributed by atoms with Crippen molar-refractivity contribution in [3.8, 4) is 11.1 Å². The van der Waals surface area contributed by atoms with Crippen LogP contribution in [0.5, 0.6) is 0 Å². The molecule has 3 aromatic heterocycles. The Morgan fingerprint density at radius 2 is 2.06 bits per heavy atom. The molecule has 1 aliphatic rings. The molecule has 0 saturated heterocycles. The van der Waals surface area contributed by atoms with Gasteiger partial charge in [0.2, 0.25) is 11.9 Å². The molecule has 0 bridgehead atoms. The van der Waals surface area contributed by atoms with Crippen LogP contribution in [0.25, 0.3) is 33.1 Å². The molecule has 158 valence electrons. The largest absolute Gasteiger partial charge is 0.351 e. The molecule has 1 aliphatic carbocycles. The lowest BCUT2D eigenvalue weighted by Crippen LogP contribution is -2.49. The lowest BCUT2D eigenvalue weighted by molar-refractivity contribution is -0.121. The Bertz CT molecular complexity index is 1260. The fourth-order valence-electron chi connectivity index (χ4n) is 4.50. The van der Waals surface area contributed by atoms with Crippen molar-refractivity contribution < 1.29 is 4.79 Å². The second-order valence-corrected chi connectivity index (χ2v) is 8.62. The highest BCUT2D eigenvalue weighted by Gasteiger charge is 2.31. The molecule has 31 heavy (non-hydrogen) atoms. The van der Waals surface area contributed by atoms with E-state index in [1.807, 2.05) is 30.6 Å². The summed E-state index contributed by atoms with van der Waals surface area (Å²) in [6.07, 6.45) is 9.35. The fourth-order valence-corrected chi connectivity index (χ4v) is 4.50. The van der Waals surface area contributed by atoms with Gasteiger partial charge in [-0.25, -0.2) is 4.98 Å². The van der Waals surface area contributed by atoms with Crippen LogP contribution in [0.15, 0.2) is 42.9 Å². The van der Waals surface area contributed by atoms with E-state index < -0.39 is 0 Å². The predicted molar refractivity (Wildman–Crippen MR) is 121 cm³/mol. The topological polar surface area (TPSA) is 108 Å². The molecule has 3 N–H and O–H groups in total. The van der Waals surface area contributed by atoms with Crippen LogP contribution in [0, 0.1) is 0 Å². The van der Waals surface area contributed by atoms with Crippen LogP contribution < -0.4 is 10.6 Å². The van der Waals surface area contributed by atoms with Gasteiger partial charge in [0.1, 0.15) is 5.65 Å². The van der Waals surface area contributed by atoms with Crippen molar-refractivity contribution in [3.05, 3.63) is 42.9 Å². The Labute approximate surface area is 179 Å². The van der Waals surface area contributed by atoms with Crippen LogP contribution >= 0.6 is 0 Å². The van der Waals surface area contributed by atoms with E-state index in [4.69, 9.17) is 4.98 Å². The molecule has 0 atom stereocenters. The van der Waals surface area contributed by atoms with E-state index in [0.29, 0.717) is 12.0 Å². The molecular formula is C23H25N7O. The average molecular weight is 416 g/mol. The molecule has 1 aromatic carbocycles. The lowest BCUT2D eigenvalue weighted by Gasteiger charge is -2.38. The van der Waals surface area contributed by atoms with E-state index in [9.17, 15) is 4.79 Å². The number of fused-ring (bicyclic) bond motifs is 2. The second-order valence-electron chi connectivity index (χ2n) is 8.62. The highest BCUT2D eigenvalue weighted by molar-refractivity contribution is 5.96. The van der Waals surface area contributed by atoms with Crippen LogP contribution in [0.3, 0.4) is 0 Å². The first-order valence-electron chi connectivity index (χ1n) is 10.6. The van der Waals surface area contributed by atoms with Crippen molar-refractivity contribution in [2.24, 2.45) is 0 Å². The number of nitrogens with one attached hydrogen (secondary N) is 3. The van der Waals surface area contributed by atoms with Gasteiger partial charge in [-0.05, 0) is 56.4 Å². The van der Waals surface area contributed by atoms with Crippen LogP contribution in [0.1, 0.15) is 39.5 Å². The smallest absolute Gasteiger partial charge is 0.224 e. The summed E-state index contributed by atoms with van der Waals surface area (Å²) < 4.78 is 0. The molecule has 8 nitrogen and oxygen atoms in total. The van der Waals surface area contributed by atoms with Gasteiger partial charge in [-0.1, -0.05) is 6.07 Å². The zero-order valence-corrected chi connectivity index (χ0v) is 17.6. The molecule has 8 heteroatoms. The number of amides is 1. The number of carbonyl (C=O) groups excluding carboxylic acids is 1. The number of rotatable bonds is 4. The number of aromatic amines is 1. The number of carbonyl (C=O) groups is 1. The van der Waals surface area contributed by atoms with Gasteiger partial charge in [-0.3, -0.25) is 4.79 Å². The Morgan fingerprint density at radius 1 is 1.23 bits per heavy atom. The molecule has 1 amide bonds. The first kappa shape index (κ1) is 19.4. The van der Waals surface area contributed by atoms with Crippen molar-refractivity contribution in [2.45, 2.75) is 51.1 Å². The van der Waals surface area contributed by atoms with E-state index in [-0.39, 0.29) is 11.4 Å². The minimum absolute atomic E-state index is 0.0320. The normalized spacial score (nSPS) is 21.3. The first-order chi connectivity index (χ1) is 15.0. The summed E-state index contributed by atoms with van der Waals surface area (Å²) in [5.74, 6) is 0.660. The first-order valence-corrected chi connectivity index (χ1v) is 10.6. The summed E-state index contributed by atoms with van der Waals surface area (Å²) in [4.78, 5) is 24.0. The molecule has 1 fully saturated rings. The maximum atomic E-state index is 11.4. The maximum Gasteiger partial charge on any atom is 0.224 e. The molecule has 3 heterocycles. The fraction of sp³-hybridized carbons (Fsp3) is 0.348. The number of anilines is 1. The van der Waals surface area contributed by atoms with E-state index in [1.165, 1.54) is 0 Å². The van der Waals surface area contributed by atoms with E-state index in [0.717, 1.165) is 58.7 Å². The quantitative estimate of drug-likeness (QED) is 0.468. The van der Waals surface area contributed by atoms with Crippen LogP contribution in [0.2, 0.25) is 0 Å². The Kier molecular flexibility index (Phi) is 4.77. The molecule has 0 radical (unpaired) electrons. The third-order valence-electron chi connectivity index (χ3n) is 6.16. The summed E-state index contributed by atoms with van der Waals surface area (Å²) in [5.41, 5.74) is 3.70. The average Bonchev–Trinajstić information content (AvgIpc) is 3.18. The molecule has 4 aromatic rings. The van der Waals surface area contributed by atoms with Gasteiger partial charge in [-0.2, -0.15) is 15.2 Å². The second kappa shape index (κ2) is 7.61. The number of H-pyrrole nitrogens is 1. The SMILES string of the molecule is CC(=O)N[C@]1(C)CC[C@@H](Nc2ncc3c(-c4ccc5nnccc5c4)c[nH]c3n2)CC1. The van der Waals surface area contributed by atoms with Gasteiger partial charge in [-0.15, -0.1) is 0 Å². The van der Waals surface area contributed by atoms with Gasteiger partial charge in [0.25, 0.3) is 0 Å². The van der Waals surface area contributed by atoms with Gasteiger partial charge in [0.05, 0.1) is 11.7 Å². The van der Waals surface area contributed by atoms with Gasteiger partial charge in [0, 0.05) is 47.2 Å². The van der Waals surface area contributed by atoms with Crippen molar-refractivity contribution in [1.82, 2.24) is 30.5 Å². The number of benzene rings is 1. The minimum Gasteiger partial charge on any atom is -0.351 e. The van der Waals surface area contributed by atoms with Gasteiger partial charge in [0.15, 0.2) is 0 Å². The van der Waals surface area contributed by atoms with Crippen LogP contribution in [0.4, 0.5) is 5.95 Å². The Morgan fingerprint density at radius 3 is 2.87 bits per heavy atom. The molecule has 0 spiro atoms. The molecule has 5 rings (SSSR count). The molecule has 0 unspecified atom stereocenters.